The average molecular weight is 349 g/mol. The Morgan fingerprint density at radius 3 is 1.64 bits per heavy atom. The molecule has 3 aromatic carbocycles. The van der Waals surface area contributed by atoms with E-state index in [1.807, 2.05) is 78.9 Å². The minimum absolute atomic E-state index is 0.0532. The minimum atomic E-state index is -2.93. The zero-order chi connectivity index (χ0) is 17.5. The summed E-state index contributed by atoms with van der Waals surface area (Å²) in [4.78, 5) is 0. The smallest absolute Gasteiger partial charge is 0.205 e. The van der Waals surface area contributed by atoms with Crippen molar-refractivity contribution in [2.75, 3.05) is 0 Å². The molecule has 3 heteroatoms. The van der Waals surface area contributed by atoms with Gasteiger partial charge in [-0.05, 0) is 36.2 Å². The van der Waals surface area contributed by atoms with Gasteiger partial charge < -0.3 is 0 Å². The summed E-state index contributed by atoms with van der Waals surface area (Å²) in [5.41, 5.74) is 1.18. The number of hydrogen-bond acceptors (Lipinski definition) is 1. The van der Waals surface area contributed by atoms with Crippen molar-refractivity contribution in [3.8, 4) is 0 Å². The molecule has 3 aromatic rings. The maximum atomic E-state index is 14.2. The van der Waals surface area contributed by atoms with Crippen LogP contribution in [0.2, 0.25) is 0 Å². The standard InChI is InChI=1S/C22H24NOP/c1-2-12-22(19-13-6-3-7-14-19)23-25(24,20-15-8-4-9-16-20)21-17-10-5-11-18-21/h3-11,13-18,22H,2,12H2,1H3,(H,23,24). The second kappa shape index (κ2) is 8.29. The monoisotopic (exact) mass is 349 g/mol. The van der Waals surface area contributed by atoms with E-state index in [0.717, 1.165) is 23.5 Å². The number of benzene rings is 3. The van der Waals surface area contributed by atoms with Crippen LogP contribution < -0.4 is 15.7 Å². The van der Waals surface area contributed by atoms with Crippen LogP contribution in [0.15, 0.2) is 91.0 Å². The van der Waals surface area contributed by atoms with E-state index in [2.05, 4.69) is 24.1 Å². The Labute approximate surface area is 150 Å². The predicted octanol–water partition coefficient (Wildman–Crippen LogP) is 5.05. The number of hydrogen-bond donors (Lipinski definition) is 1. The Bertz CT molecular complexity index is 775. The van der Waals surface area contributed by atoms with Crippen LogP contribution in [0.5, 0.6) is 0 Å². The highest BCUT2D eigenvalue weighted by Crippen LogP contribution is 2.42. The van der Waals surface area contributed by atoms with Gasteiger partial charge in [-0.25, -0.2) is 0 Å². The van der Waals surface area contributed by atoms with Gasteiger partial charge in [0.25, 0.3) is 0 Å². The lowest BCUT2D eigenvalue weighted by Crippen LogP contribution is -2.30. The quantitative estimate of drug-likeness (QED) is 0.605. The zero-order valence-corrected chi connectivity index (χ0v) is 15.4. The first kappa shape index (κ1) is 17.7. The zero-order valence-electron chi connectivity index (χ0n) is 14.5. The molecule has 0 saturated carbocycles. The normalized spacial score (nSPS) is 12.7. The maximum absolute atomic E-state index is 14.2. The molecule has 0 saturated heterocycles. The van der Waals surface area contributed by atoms with Crippen molar-refractivity contribution in [3.63, 3.8) is 0 Å². The summed E-state index contributed by atoms with van der Waals surface area (Å²) in [5.74, 6) is 0. The van der Waals surface area contributed by atoms with Crippen molar-refractivity contribution in [2.24, 2.45) is 0 Å². The lowest BCUT2D eigenvalue weighted by atomic mass is 10.0. The third kappa shape index (κ3) is 4.10. The predicted molar refractivity (Wildman–Crippen MR) is 107 cm³/mol. The minimum Gasteiger partial charge on any atom is -0.297 e. The van der Waals surface area contributed by atoms with E-state index in [-0.39, 0.29) is 6.04 Å². The van der Waals surface area contributed by atoms with Gasteiger partial charge in [-0.15, -0.1) is 0 Å². The molecule has 0 aliphatic carbocycles. The van der Waals surface area contributed by atoms with Crippen LogP contribution >= 0.6 is 7.29 Å². The van der Waals surface area contributed by atoms with Gasteiger partial charge in [0.15, 0.2) is 0 Å². The van der Waals surface area contributed by atoms with E-state index >= 15 is 0 Å². The molecule has 128 valence electrons. The van der Waals surface area contributed by atoms with Crippen LogP contribution in [-0.2, 0) is 4.57 Å². The summed E-state index contributed by atoms with van der Waals surface area (Å²) in [7, 11) is -2.93. The molecule has 1 unspecified atom stereocenters. The van der Waals surface area contributed by atoms with Gasteiger partial charge in [-0.2, -0.15) is 0 Å². The lowest BCUT2D eigenvalue weighted by Gasteiger charge is -2.27. The molecule has 0 radical (unpaired) electrons. The fourth-order valence-corrected chi connectivity index (χ4v) is 5.57. The van der Waals surface area contributed by atoms with Crippen molar-refractivity contribution >= 4 is 17.9 Å². The Morgan fingerprint density at radius 1 is 0.760 bits per heavy atom. The van der Waals surface area contributed by atoms with E-state index in [1.165, 1.54) is 5.56 Å². The average Bonchev–Trinajstić information content (AvgIpc) is 2.69. The SMILES string of the molecule is CCCC(NP(=O)(c1ccccc1)c1ccccc1)c1ccccc1. The van der Waals surface area contributed by atoms with E-state index in [1.54, 1.807) is 0 Å². The lowest BCUT2D eigenvalue weighted by molar-refractivity contribution is 0.543. The van der Waals surface area contributed by atoms with Crippen LogP contribution in [0.3, 0.4) is 0 Å². The van der Waals surface area contributed by atoms with Crippen LogP contribution in [0.25, 0.3) is 0 Å². The van der Waals surface area contributed by atoms with E-state index in [0.29, 0.717) is 0 Å². The van der Waals surface area contributed by atoms with Gasteiger partial charge in [0.2, 0.25) is 7.29 Å². The fraction of sp³-hybridized carbons (Fsp3) is 0.182. The second-order valence-corrected chi connectivity index (χ2v) is 8.67. The molecular weight excluding hydrogens is 325 g/mol. The molecule has 2 nitrogen and oxygen atoms in total. The largest absolute Gasteiger partial charge is 0.297 e. The van der Waals surface area contributed by atoms with Crippen LogP contribution in [-0.4, -0.2) is 0 Å². The third-order valence-electron chi connectivity index (χ3n) is 4.36. The van der Waals surface area contributed by atoms with Crippen molar-refractivity contribution in [1.82, 2.24) is 5.09 Å². The highest BCUT2D eigenvalue weighted by molar-refractivity contribution is 7.76. The third-order valence-corrected chi connectivity index (χ3v) is 7.08. The van der Waals surface area contributed by atoms with Gasteiger partial charge in [-0.3, -0.25) is 9.65 Å². The summed E-state index contributed by atoms with van der Waals surface area (Å²) < 4.78 is 14.2. The number of nitrogens with one attached hydrogen (secondary N) is 1. The maximum Gasteiger partial charge on any atom is 0.205 e. The van der Waals surface area contributed by atoms with E-state index in [4.69, 9.17) is 0 Å². The molecule has 0 bridgehead atoms. The molecule has 0 aliphatic heterocycles. The summed E-state index contributed by atoms with van der Waals surface area (Å²) in [5, 5.41) is 5.23. The van der Waals surface area contributed by atoms with E-state index < -0.39 is 7.29 Å². The molecule has 3 rings (SSSR count). The van der Waals surface area contributed by atoms with Gasteiger partial charge in [0, 0.05) is 16.7 Å². The van der Waals surface area contributed by atoms with Gasteiger partial charge in [-0.1, -0.05) is 80.1 Å². The Balaban J connectivity index is 2.04. The van der Waals surface area contributed by atoms with Crippen LogP contribution in [0, 0.1) is 0 Å². The molecule has 1 N–H and O–H groups in total. The Hall–Kier alpha value is -2.15. The van der Waals surface area contributed by atoms with Crippen LogP contribution in [0.4, 0.5) is 0 Å². The molecule has 0 heterocycles. The molecule has 0 aliphatic rings. The highest BCUT2D eigenvalue weighted by atomic mass is 31.2. The van der Waals surface area contributed by atoms with Gasteiger partial charge in [0.05, 0.1) is 0 Å². The molecule has 0 fully saturated rings. The summed E-state index contributed by atoms with van der Waals surface area (Å²) in [6.45, 7) is 2.16. The fourth-order valence-electron chi connectivity index (χ4n) is 3.07. The highest BCUT2D eigenvalue weighted by Gasteiger charge is 2.30. The number of rotatable bonds is 7. The molecule has 1 atom stereocenters. The molecular formula is C22H24NOP. The topological polar surface area (TPSA) is 29.1 Å². The molecule has 0 spiro atoms. The molecule has 0 amide bonds. The van der Waals surface area contributed by atoms with Crippen LogP contribution in [0.1, 0.15) is 31.4 Å². The van der Waals surface area contributed by atoms with Gasteiger partial charge in [0.1, 0.15) is 0 Å². The molecule has 0 aromatic heterocycles. The summed E-state index contributed by atoms with van der Waals surface area (Å²) in [6, 6.07) is 29.9. The summed E-state index contributed by atoms with van der Waals surface area (Å²) >= 11 is 0. The van der Waals surface area contributed by atoms with E-state index in [9.17, 15) is 4.57 Å². The second-order valence-electron chi connectivity index (χ2n) is 6.16. The van der Waals surface area contributed by atoms with Crippen molar-refractivity contribution in [2.45, 2.75) is 25.8 Å². The first-order valence-corrected chi connectivity index (χ1v) is 10.5. The van der Waals surface area contributed by atoms with Crippen molar-refractivity contribution < 1.29 is 4.57 Å². The first-order valence-electron chi connectivity index (χ1n) is 8.78. The van der Waals surface area contributed by atoms with Crippen molar-refractivity contribution in [3.05, 3.63) is 96.6 Å². The Morgan fingerprint density at radius 2 is 1.20 bits per heavy atom. The summed E-state index contributed by atoms with van der Waals surface area (Å²) in [6.07, 6.45) is 1.96. The van der Waals surface area contributed by atoms with Crippen molar-refractivity contribution in [1.29, 1.82) is 0 Å². The Kier molecular flexibility index (Phi) is 5.86. The molecule has 25 heavy (non-hydrogen) atoms. The first-order chi connectivity index (χ1) is 12.2. The van der Waals surface area contributed by atoms with Gasteiger partial charge >= 0.3 is 0 Å².